The Morgan fingerprint density at radius 1 is 1.24 bits per heavy atom. The molecule has 0 bridgehead atoms. The van der Waals surface area contributed by atoms with Crippen molar-refractivity contribution in [2.45, 2.75) is 57.3 Å². The first-order valence-corrected chi connectivity index (χ1v) is 12.8. The highest BCUT2D eigenvalue weighted by molar-refractivity contribution is 6.36. The van der Waals surface area contributed by atoms with Gasteiger partial charge in [0.05, 0.1) is 29.6 Å². The van der Waals surface area contributed by atoms with Gasteiger partial charge in [-0.2, -0.15) is 4.98 Å². The standard InChI is InChI=1S/C24H27Cl2F2N7O2/c1-24(21(29)36)5-2-13(3-6-24)35-20-18(10-30-22(34-20)31-17-4-7-37-11-16(17)28)32-23(35)33-19-14(26)8-12(25)9-15(19)27/h8-10,13,16-17H,2-7,11H2,1H3,(H2,29,36)(H,32,33)(H,30,31,34)/t13-,16-,17+,24-/m1/s1. The van der Waals surface area contributed by atoms with Crippen molar-refractivity contribution in [3.05, 3.63) is 34.2 Å². The number of benzene rings is 1. The molecule has 3 heterocycles. The molecule has 2 fully saturated rings. The van der Waals surface area contributed by atoms with Crippen molar-refractivity contribution in [3.8, 4) is 0 Å². The van der Waals surface area contributed by atoms with E-state index in [0.29, 0.717) is 55.8 Å². The van der Waals surface area contributed by atoms with Crippen molar-refractivity contribution < 1.29 is 18.3 Å². The van der Waals surface area contributed by atoms with Crippen molar-refractivity contribution >= 4 is 57.9 Å². The van der Waals surface area contributed by atoms with Gasteiger partial charge >= 0.3 is 0 Å². The van der Waals surface area contributed by atoms with Gasteiger partial charge in [-0.3, -0.25) is 9.36 Å². The van der Waals surface area contributed by atoms with Crippen molar-refractivity contribution in [2.75, 3.05) is 23.8 Å². The lowest BCUT2D eigenvalue weighted by Crippen LogP contribution is -2.39. The minimum absolute atomic E-state index is 0.0139. The lowest BCUT2D eigenvalue weighted by molar-refractivity contribution is -0.128. The van der Waals surface area contributed by atoms with E-state index >= 15 is 0 Å². The van der Waals surface area contributed by atoms with E-state index in [1.54, 1.807) is 0 Å². The molecule has 5 rings (SSSR count). The zero-order chi connectivity index (χ0) is 26.3. The first-order valence-electron chi connectivity index (χ1n) is 12.1. The van der Waals surface area contributed by atoms with Gasteiger partial charge in [0.1, 0.15) is 17.5 Å². The van der Waals surface area contributed by atoms with Crippen LogP contribution in [0.5, 0.6) is 0 Å². The third kappa shape index (κ3) is 5.17. The number of nitrogens with one attached hydrogen (secondary N) is 2. The first kappa shape index (κ1) is 25.9. The zero-order valence-corrected chi connectivity index (χ0v) is 21.6. The number of anilines is 3. The second-order valence-corrected chi connectivity index (χ2v) is 10.7. The molecule has 3 aromatic rings. The van der Waals surface area contributed by atoms with Crippen LogP contribution in [0.3, 0.4) is 0 Å². The summed E-state index contributed by atoms with van der Waals surface area (Å²) < 4.78 is 36.2. The van der Waals surface area contributed by atoms with Gasteiger partial charge in [-0.1, -0.05) is 30.1 Å². The number of carbonyl (C=O) groups is 1. The molecule has 37 heavy (non-hydrogen) atoms. The van der Waals surface area contributed by atoms with E-state index in [-0.39, 0.29) is 40.2 Å². The normalized spacial score (nSPS) is 26.2. The molecule has 198 valence electrons. The number of imidazole rings is 1. The summed E-state index contributed by atoms with van der Waals surface area (Å²) in [6.45, 7) is 2.32. The highest BCUT2D eigenvalue weighted by Crippen LogP contribution is 2.43. The van der Waals surface area contributed by atoms with Crippen LogP contribution in [0.4, 0.5) is 26.4 Å². The lowest BCUT2D eigenvalue weighted by Gasteiger charge is -2.35. The minimum Gasteiger partial charge on any atom is -0.378 e. The molecule has 1 saturated carbocycles. The Morgan fingerprint density at radius 3 is 2.68 bits per heavy atom. The highest BCUT2D eigenvalue weighted by Gasteiger charge is 2.38. The van der Waals surface area contributed by atoms with Crippen LogP contribution in [0.25, 0.3) is 11.2 Å². The molecule has 2 aliphatic rings. The van der Waals surface area contributed by atoms with E-state index in [4.69, 9.17) is 33.7 Å². The van der Waals surface area contributed by atoms with E-state index in [2.05, 4.69) is 25.6 Å². The Kier molecular flexibility index (Phi) is 7.12. The molecular weight excluding hydrogens is 527 g/mol. The predicted octanol–water partition coefficient (Wildman–Crippen LogP) is 5.16. The molecule has 1 aliphatic heterocycles. The molecule has 0 spiro atoms. The van der Waals surface area contributed by atoms with E-state index in [1.165, 1.54) is 12.3 Å². The minimum atomic E-state index is -1.19. The van der Waals surface area contributed by atoms with Gasteiger partial charge in [0.2, 0.25) is 17.8 Å². The number of hydrogen-bond donors (Lipinski definition) is 3. The number of hydrogen-bond acceptors (Lipinski definition) is 7. The van der Waals surface area contributed by atoms with Crippen LogP contribution in [-0.2, 0) is 9.53 Å². The number of nitrogens with zero attached hydrogens (tertiary/aromatic N) is 4. The van der Waals surface area contributed by atoms with Crippen LogP contribution in [0.1, 0.15) is 45.1 Å². The fourth-order valence-corrected chi connectivity index (χ4v) is 5.46. The second kappa shape index (κ2) is 10.2. The fraction of sp³-hybridized carbons (Fsp3) is 0.500. The third-order valence-electron chi connectivity index (χ3n) is 7.30. The summed E-state index contributed by atoms with van der Waals surface area (Å²) in [5.41, 5.74) is 6.02. The summed E-state index contributed by atoms with van der Waals surface area (Å²) in [5.74, 6) is -0.404. The van der Waals surface area contributed by atoms with Crippen molar-refractivity contribution in [2.24, 2.45) is 11.1 Å². The molecular formula is C24H27Cl2F2N7O2. The van der Waals surface area contributed by atoms with Crippen LogP contribution in [0, 0.1) is 11.2 Å². The van der Waals surface area contributed by atoms with Crippen molar-refractivity contribution in [3.63, 3.8) is 0 Å². The number of alkyl halides is 1. The second-order valence-electron chi connectivity index (χ2n) is 9.86. The van der Waals surface area contributed by atoms with Crippen LogP contribution in [0.2, 0.25) is 10.0 Å². The predicted molar refractivity (Wildman–Crippen MR) is 138 cm³/mol. The average Bonchev–Trinajstić information content (AvgIpc) is 3.20. The summed E-state index contributed by atoms with van der Waals surface area (Å²) >= 11 is 12.2. The Hall–Kier alpha value is -2.76. The maximum Gasteiger partial charge on any atom is 0.225 e. The number of carbonyl (C=O) groups excluding carboxylic acids is 1. The molecule has 1 aromatic carbocycles. The van der Waals surface area contributed by atoms with Gasteiger partial charge < -0.3 is 21.1 Å². The van der Waals surface area contributed by atoms with Gasteiger partial charge in [-0.05, 0) is 44.2 Å². The molecule has 2 atom stereocenters. The zero-order valence-electron chi connectivity index (χ0n) is 20.1. The number of fused-ring (bicyclic) bond motifs is 1. The first-order chi connectivity index (χ1) is 17.6. The van der Waals surface area contributed by atoms with Crippen LogP contribution >= 0.6 is 23.2 Å². The Morgan fingerprint density at radius 2 is 2.00 bits per heavy atom. The number of rotatable bonds is 6. The molecule has 0 radical (unpaired) electrons. The molecule has 1 aliphatic carbocycles. The molecule has 1 amide bonds. The van der Waals surface area contributed by atoms with Crippen LogP contribution < -0.4 is 16.4 Å². The summed E-state index contributed by atoms with van der Waals surface area (Å²) in [5, 5.41) is 6.33. The number of nitrogens with two attached hydrogens (primary N) is 1. The molecule has 0 unspecified atom stereocenters. The number of ether oxygens (including phenoxy) is 1. The van der Waals surface area contributed by atoms with Crippen molar-refractivity contribution in [1.29, 1.82) is 0 Å². The number of aromatic nitrogens is 4. The molecule has 1 saturated heterocycles. The van der Waals surface area contributed by atoms with Gasteiger partial charge in [-0.25, -0.2) is 18.7 Å². The Labute approximate surface area is 222 Å². The van der Waals surface area contributed by atoms with Gasteiger partial charge in [0.15, 0.2) is 5.65 Å². The maximum atomic E-state index is 14.8. The van der Waals surface area contributed by atoms with Gasteiger partial charge in [0.25, 0.3) is 0 Å². The van der Waals surface area contributed by atoms with E-state index < -0.39 is 23.4 Å². The largest absolute Gasteiger partial charge is 0.378 e. The van der Waals surface area contributed by atoms with E-state index in [1.807, 2.05) is 11.5 Å². The Bertz CT molecular complexity index is 1310. The van der Waals surface area contributed by atoms with Crippen LogP contribution in [0.15, 0.2) is 18.3 Å². The SMILES string of the molecule is C[C@]1(C(N)=O)CC[C@H](n2c(Nc3c(F)cc(Cl)cc3Cl)nc3cnc(N[C@H]4CCOC[C@H]4F)nc32)CC1. The third-order valence-corrected chi connectivity index (χ3v) is 7.81. The van der Waals surface area contributed by atoms with E-state index in [9.17, 15) is 13.6 Å². The van der Waals surface area contributed by atoms with Crippen LogP contribution in [-0.4, -0.2) is 50.9 Å². The Balaban J connectivity index is 1.54. The molecule has 13 heteroatoms. The summed E-state index contributed by atoms with van der Waals surface area (Å²) in [7, 11) is 0. The molecule has 4 N–H and O–H groups in total. The van der Waals surface area contributed by atoms with Gasteiger partial charge in [0, 0.05) is 23.1 Å². The summed E-state index contributed by atoms with van der Waals surface area (Å²) in [6, 6.07) is 2.00. The highest BCUT2D eigenvalue weighted by atomic mass is 35.5. The number of halogens is 4. The van der Waals surface area contributed by atoms with Gasteiger partial charge in [-0.15, -0.1) is 0 Å². The smallest absolute Gasteiger partial charge is 0.225 e. The fourth-order valence-electron chi connectivity index (χ4n) is 4.94. The monoisotopic (exact) mass is 553 g/mol. The summed E-state index contributed by atoms with van der Waals surface area (Å²) in [4.78, 5) is 25.6. The number of primary amides is 1. The lowest BCUT2D eigenvalue weighted by atomic mass is 9.73. The van der Waals surface area contributed by atoms with Crippen molar-refractivity contribution in [1.82, 2.24) is 19.5 Å². The maximum absolute atomic E-state index is 14.8. The molecule has 2 aromatic heterocycles. The molecule has 9 nitrogen and oxygen atoms in total. The topological polar surface area (TPSA) is 120 Å². The summed E-state index contributed by atoms with van der Waals surface area (Å²) in [6.07, 6.45) is 3.22. The quantitative estimate of drug-likeness (QED) is 0.385. The number of amides is 1. The van der Waals surface area contributed by atoms with E-state index in [0.717, 1.165) is 6.07 Å². The average molecular weight is 554 g/mol.